The molecule has 0 bridgehead atoms. The summed E-state index contributed by atoms with van der Waals surface area (Å²) in [7, 11) is 1.92. The Morgan fingerprint density at radius 2 is 2.11 bits per heavy atom. The Hall–Kier alpha value is -3.25. The van der Waals surface area contributed by atoms with Crippen molar-refractivity contribution in [3.8, 4) is 0 Å². The van der Waals surface area contributed by atoms with Crippen LogP contribution >= 0.6 is 0 Å². The molecule has 3 aliphatic carbocycles. The van der Waals surface area contributed by atoms with Crippen LogP contribution in [0, 0.1) is 17.3 Å². The highest BCUT2D eigenvalue weighted by atomic mass is 16.5. The fraction of sp³-hybridized carbons (Fsp3) is 0.433. The van der Waals surface area contributed by atoms with E-state index in [0.29, 0.717) is 12.8 Å². The molecule has 1 fully saturated rings. The molecule has 1 saturated carbocycles. The minimum Gasteiger partial charge on any atom is -0.489 e. The quantitative estimate of drug-likeness (QED) is 0.638. The first-order valence-electron chi connectivity index (χ1n) is 12.9. The molecule has 1 aromatic heterocycles. The number of hydrogen-bond donors (Lipinski definition) is 1. The number of nitrogens with one attached hydrogen (secondary N) is 1. The Bertz CT molecular complexity index is 1340. The first kappa shape index (κ1) is 23.2. The summed E-state index contributed by atoms with van der Waals surface area (Å²) in [6.45, 7) is 4.54. The minimum absolute atomic E-state index is 0.00855. The molecule has 0 amide bonds. The second-order valence-corrected chi connectivity index (χ2v) is 10.9. The molecule has 1 N–H and O–H groups in total. The van der Waals surface area contributed by atoms with Gasteiger partial charge in [0, 0.05) is 54.8 Å². The third kappa shape index (κ3) is 3.70. The first-order chi connectivity index (χ1) is 17.4. The van der Waals surface area contributed by atoms with E-state index in [-0.39, 0.29) is 47.1 Å². The lowest BCUT2D eigenvalue weighted by Gasteiger charge is -2.44. The highest BCUT2D eigenvalue weighted by Gasteiger charge is 2.58. The number of hydrogen-bond acceptors (Lipinski definition) is 6. The minimum atomic E-state index is -0.274. The summed E-state index contributed by atoms with van der Waals surface area (Å²) in [5.74, 6) is 1.08. The largest absolute Gasteiger partial charge is 0.489 e. The monoisotopic (exact) mass is 484 g/mol. The van der Waals surface area contributed by atoms with Gasteiger partial charge < -0.3 is 14.8 Å². The highest BCUT2D eigenvalue weighted by molar-refractivity contribution is 6.00. The van der Waals surface area contributed by atoms with Gasteiger partial charge in [0.05, 0.1) is 5.57 Å². The van der Waals surface area contributed by atoms with Crippen molar-refractivity contribution in [2.75, 3.05) is 13.6 Å². The zero-order valence-corrected chi connectivity index (χ0v) is 21.0. The Balaban J connectivity index is 1.39. The van der Waals surface area contributed by atoms with Crippen molar-refractivity contribution < 1.29 is 19.1 Å². The number of ether oxygens (including phenoxy) is 2. The molecule has 6 rings (SSSR count). The molecule has 6 heteroatoms. The Labute approximate surface area is 211 Å². The van der Waals surface area contributed by atoms with Crippen LogP contribution in [0.3, 0.4) is 0 Å². The number of aromatic nitrogens is 1. The molecular formula is C30H32N2O4. The summed E-state index contributed by atoms with van der Waals surface area (Å²) in [5, 5.41) is 5.41. The maximum Gasteiger partial charge on any atom is 0.302 e. The molecule has 1 aromatic carbocycles. The molecule has 6 nitrogen and oxygen atoms in total. The summed E-state index contributed by atoms with van der Waals surface area (Å²) in [6, 6.07) is 8.46. The lowest BCUT2D eigenvalue weighted by molar-refractivity contribution is -0.147. The Kier molecular flexibility index (Phi) is 5.60. The predicted octanol–water partition coefficient (Wildman–Crippen LogP) is 4.62. The summed E-state index contributed by atoms with van der Waals surface area (Å²) >= 11 is 0. The van der Waals surface area contributed by atoms with Crippen LogP contribution in [0.15, 0.2) is 71.8 Å². The van der Waals surface area contributed by atoms with Gasteiger partial charge in [0.2, 0.25) is 0 Å². The third-order valence-corrected chi connectivity index (χ3v) is 8.62. The molecule has 1 aliphatic heterocycles. The van der Waals surface area contributed by atoms with Crippen LogP contribution < -0.4 is 5.32 Å². The lowest BCUT2D eigenvalue weighted by Crippen LogP contribution is -2.41. The van der Waals surface area contributed by atoms with Crippen LogP contribution in [0.5, 0.6) is 0 Å². The normalized spacial score (nSPS) is 32.9. The smallest absolute Gasteiger partial charge is 0.302 e. The van der Waals surface area contributed by atoms with Gasteiger partial charge in [-0.2, -0.15) is 0 Å². The van der Waals surface area contributed by atoms with E-state index in [1.807, 2.05) is 19.3 Å². The number of ketones is 1. The van der Waals surface area contributed by atoms with E-state index >= 15 is 0 Å². The summed E-state index contributed by atoms with van der Waals surface area (Å²) < 4.78 is 12.7. The predicted molar refractivity (Wildman–Crippen MR) is 137 cm³/mol. The van der Waals surface area contributed by atoms with Crippen LogP contribution in [0.1, 0.15) is 44.6 Å². The Morgan fingerprint density at radius 1 is 1.25 bits per heavy atom. The number of rotatable bonds is 4. The van der Waals surface area contributed by atoms with Crippen molar-refractivity contribution in [3.63, 3.8) is 0 Å². The zero-order chi connectivity index (χ0) is 25.0. The van der Waals surface area contributed by atoms with Crippen molar-refractivity contribution in [3.05, 3.63) is 77.4 Å². The second kappa shape index (κ2) is 8.70. The number of allylic oxidation sites excluding steroid dienone is 4. The number of nitrogens with zero attached hydrogens (tertiary/aromatic N) is 1. The fourth-order valence-electron chi connectivity index (χ4n) is 7.03. The second-order valence-electron chi connectivity index (χ2n) is 10.9. The van der Waals surface area contributed by atoms with Crippen LogP contribution in [0.25, 0.3) is 10.8 Å². The van der Waals surface area contributed by atoms with E-state index in [4.69, 9.17) is 9.47 Å². The molecule has 0 spiro atoms. The van der Waals surface area contributed by atoms with Gasteiger partial charge in [-0.05, 0) is 54.6 Å². The maximum absolute atomic E-state index is 12.9. The van der Waals surface area contributed by atoms with E-state index in [0.717, 1.165) is 46.2 Å². The van der Waals surface area contributed by atoms with Gasteiger partial charge in [-0.1, -0.05) is 37.3 Å². The SMILES string of the molecule is CNCC1CC(=O)C2=C(C1)O[C@@H]1C(=C2)C=C[C@@]2(C)[C@H]1C[C@@H](OC(C)=O)[C@@H]2c1ccc2cnccc2c1. The highest BCUT2D eigenvalue weighted by Crippen LogP contribution is 2.60. The molecule has 36 heavy (non-hydrogen) atoms. The number of pyridine rings is 1. The molecule has 186 valence electrons. The topological polar surface area (TPSA) is 77.5 Å². The van der Waals surface area contributed by atoms with E-state index in [1.165, 1.54) is 6.92 Å². The summed E-state index contributed by atoms with van der Waals surface area (Å²) in [4.78, 5) is 29.3. The maximum atomic E-state index is 12.9. The zero-order valence-electron chi connectivity index (χ0n) is 21.0. The van der Waals surface area contributed by atoms with Gasteiger partial charge in [-0.15, -0.1) is 0 Å². The number of fused-ring (bicyclic) bond motifs is 4. The average molecular weight is 485 g/mol. The number of benzene rings is 1. The average Bonchev–Trinajstić information content (AvgIpc) is 3.14. The van der Waals surface area contributed by atoms with Crippen molar-refractivity contribution in [2.24, 2.45) is 17.3 Å². The van der Waals surface area contributed by atoms with Gasteiger partial charge in [-0.25, -0.2) is 0 Å². The number of esters is 1. The lowest BCUT2D eigenvalue weighted by atomic mass is 9.64. The summed E-state index contributed by atoms with van der Waals surface area (Å²) in [6.07, 6.45) is 11.7. The van der Waals surface area contributed by atoms with Crippen molar-refractivity contribution in [1.29, 1.82) is 0 Å². The molecule has 0 radical (unpaired) electrons. The van der Waals surface area contributed by atoms with E-state index in [2.05, 4.69) is 53.7 Å². The van der Waals surface area contributed by atoms with Crippen LogP contribution in [0.4, 0.5) is 0 Å². The van der Waals surface area contributed by atoms with E-state index < -0.39 is 0 Å². The number of Topliss-reactive ketones (excluding diaryl/α,β-unsaturated/α-hetero) is 1. The molecule has 0 saturated heterocycles. The van der Waals surface area contributed by atoms with Gasteiger partial charge in [0.1, 0.15) is 18.0 Å². The first-order valence-corrected chi connectivity index (χ1v) is 12.9. The van der Waals surface area contributed by atoms with Crippen LogP contribution in [0.2, 0.25) is 0 Å². The number of carbonyl (C=O) groups excluding carboxylic acids is 2. The van der Waals surface area contributed by atoms with E-state index in [9.17, 15) is 9.59 Å². The molecule has 6 atom stereocenters. The van der Waals surface area contributed by atoms with Crippen LogP contribution in [-0.4, -0.2) is 42.5 Å². The van der Waals surface area contributed by atoms with Crippen LogP contribution in [-0.2, 0) is 19.1 Å². The molecule has 2 aromatic rings. The molecule has 1 unspecified atom stereocenters. The number of carbonyl (C=O) groups is 2. The molecular weight excluding hydrogens is 452 g/mol. The van der Waals surface area contributed by atoms with E-state index in [1.54, 1.807) is 6.20 Å². The van der Waals surface area contributed by atoms with Gasteiger partial charge >= 0.3 is 5.97 Å². The Morgan fingerprint density at radius 3 is 2.92 bits per heavy atom. The molecule has 2 heterocycles. The third-order valence-electron chi connectivity index (χ3n) is 8.62. The van der Waals surface area contributed by atoms with Crippen molar-refractivity contribution >= 4 is 22.5 Å². The van der Waals surface area contributed by atoms with Gasteiger partial charge in [0.15, 0.2) is 5.78 Å². The fourth-order valence-corrected chi connectivity index (χ4v) is 7.03. The molecule has 4 aliphatic rings. The van der Waals surface area contributed by atoms with Crippen molar-refractivity contribution in [1.82, 2.24) is 10.3 Å². The summed E-state index contributed by atoms with van der Waals surface area (Å²) in [5.41, 5.74) is 2.66. The van der Waals surface area contributed by atoms with Gasteiger partial charge in [0.25, 0.3) is 0 Å². The van der Waals surface area contributed by atoms with Gasteiger partial charge in [-0.3, -0.25) is 14.6 Å². The standard InChI is InChI=1S/C30H32N2O4/c1-17(33)35-27-14-24-29-21(13-23-25(34)10-18(15-31-3)11-26(23)36-29)6-8-30(24,2)28(27)20-4-5-22-16-32-9-7-19(22)12-20/h4-9,12-13,16,18,24,27-29,31H,10-11,14-15H2,1-3H3/t18?,24-,27+,28-,29+,30-/m0/s1. The van der Waals surface area contributed by atoms with Crippen molar-refractivity contribution in [2.45, 2.75) is 51.2 Å².